The normalized spacial score (nSPS) is 15.6. The van der Waals surface area contributed by atoms with Gasteiger partial charge in [0.25, 0.3) is 0 Å². The third-order valence-electron chi connectivity index (χ3n) is 11.0. The second-order valence-corrected chi connectivity index (χ2v) is 14.8. The van der Waals surface area contributed by atoms with Crippen molar-refractivity contribution in [3.8, 4) is 0 Å². The van der Waals surface area contributed by atoms with Gasteiger partial charge in [0.15, 0.2) is 0 Å². The van der Waals surface area contributed by atoms with Crippen LogP contribution in [0.15, 0.2) is 176 Å². The first kappa shape index (κ1) is 31.4. The summed E-state index contributed by atoms with van der Waals surface area (Å²) in [7, 11) is 0. The number of benzene rings is 8. The van der Waals surface area contributed by atoms with Crippen molar-refractivity contribution in [3.63, 3.8) is 0 Å². The third kappa shape index (κ3) is 4.93. The molecule has 4 aliphatic heterocycles. The quantitative estimate of drug-likeness (QED) is 0.164. The zero-order valence-corrected chi connectivity index (χ0v) is 30.6. The fourth-order valence-corrected chi connectivity index (χ4v) is 8.57. The molecule has 0 spiro atoms. The van der Waals surface area contributed by atoms with Crippen LogP contribution in [-0.2, 0) is 21.8 Å². The van der Waals surface area contributed by atoms with Gasteiger partial charge < -0.3 is 0 Å². The molecule has 0 fully saturated rings. The van der Waals surface area contributed by atoms with Gasteiger partial charge in [0.1, 0.15) is 0 Å². The molecule has 4 aliphatic rings. The van der Waals surface area contributed by atoms with E-state index in [0.717, 1.165) is 87.6 Å². The molecule has 8 heteroatoms. The molecule has 8 aromatic carbocycles. The third-order valence-corrected chi connectivity index (χ3v) is 11.4. The monoisotopic (exact) mass is 760 g/mol. The zero-order chi connectivity index (χ0) is 36.9. The van der Waals surface area contributed by atoms with Crippen LogP contribution >= 0.6 is 0 Å². The van der Waals surface area contributed by atoms with Crippen LogP contribution < -0.4 is 5.32 Å². The molecule has 0 aromatic heterocycles. The number of amidine groups is 6. The Morgan fingerprint density at radius 3 is 1.18 bits per heavy atom. The first-order chi connectivity index (χ1) is 27.6. The number of aliphatic imine (C=N–C) groups is 6. The van der Waals surface area contributed by atoms with E-state index in [-0.39, 0.29) is 0 Å². The zero-order valence-electron chi connectivity index (χ0n) is 29.6. The van der Waals surface area contributed by atoms with Gasteiger partial charge in [0.2, 0.25) is 0 Å². The van der Waals surface area contributed by atoms with E-state index in [1.54, 1.807) is 0 Å². The van der Waals surface area contributed by atoms with Crippen LogP contribution in [0.25, 0.3) is 43.1 Å². The molecular formula is C48H27CoN7. The van der Waals surface area contributed by atoms with Crippen LogP contribution in [-0.4, -0.2) is 39.6 Å². The Labute approximate surface area is 328 Å². The number of nitrogens with zero attached hydrogens (tertiary/aromatic N) is 6. The van der Waals surface area contributed by atoms with E-state index in [4.69, 9.17) is 45.3 Å². The predicted molar refractivity (Wildman–Crippen MR) is 226 cm³/mol. The van der Waals surface area contributed by atoms with Gasteiger partial charge in [-0.3, -0.25) is 0 Å². The van der Waals surface area contributed by atoms with Gasteiger partial charge in [0.05, 0.1) is 0 Å². The molecule has 7 nitrogen and oxygen atoms in total. The standard InChI is InChI=1S/C48H27N7.Co/c1-2-10-28-18-36-26-50-44-38-20-30-12-4-6-14-32(30)22-40(38)46(52-44)54-48-42-24-34-16-8-7-15-33(34)23-41(42)47(55-48)53-45-39-21-31-13-5-3-11-29(31)19-37(39)43(51-45)49-25-35(36)17-27(28)9-1;/h1-24H,25H2,(H,49,51,52,53,54,55);. The van der Waals surface area contributed by atoms with Crippen LogP contribution in [0.5, 0.6) is 0 Å². The summed E-state index contributed by atoms with van der Waals surface area (Å²) in [6.07, 6.45) is 0. The molecule has 0 aliphatic carbocycles. The van der Waals surface area contributed by atoms with Gasteiger partial charge in [-0.15, -0.1) is 0 Å². The van der Waals surface area contributed by atoms with Crippen molar-refractivity contribution in [2.24, 2.45) is 30.0 Å². The molecule has 0 saturated heterocycles. The maximum atomic E-state index is 5.26. The van der Waals surface area contributed by atoms with E-state index in [1.165, 1.54) is 0 Å². The number of hydrogen-bond donors (Lipinski definition) is 1. The first-order valence-corrected chi connectivity index (χ1v) is 19.0. The number of rotatable bonds is 0. The molecule has 263 valence electrons. The van der Waals surface area contributed by atoms with Crippen molar-refractivity contribution in [1.29, 1.82) is 0 Å². The summed E-state index contributed by atoms with van der Waals surface area (Å²) in [6, 6.07) is 50.7. The van der Waals surface area contributed by atoms with E-state index in [1.807, 2.05) is 6.07 Å². The molecule has 0 unspecified atom stereocenters. The summed E-state index contributed by atoms with van der Waals surface area (Å²) in [5, 5.41) is 12.5. The average molecular weight is 761 g/mol. The maximum absolute atomic E-state index is 5.26. The summed E-state index contributed by atoms with van der Waals surface area (Å²) in [5.41, 5.74) is 7.44. The van der Waals surface area contributed by atoms with Crippen molar-refractivity contribution in [3.05, 3.63) is 190 Å². The van der Waals surface area contributed by atoms with Crippen molar-refractivity contribution < 1.29 is 15.3 Å². The molecule has 0 amide bonds. The Kier molecular flexibility index (Phi) is 6.72. The first-order valence-electron chi connectivity index (χ1n) is 18.5. The van der Waals surface area contributed by atoms with Crippen LogP contribution in [0.4, 0.5) is 0 Å². The van der Waals surface area contributed by atoms with Gasteiger partial charge in [-0.1, -0.05) is 6.07 Å². The molecule has 0 saturated carbocycles. The molecule has 12 rings (SSSR count). The topological polar surface area (TPSA) is 86.2 Å². The second-order valence-electron chi connectivity index (χ2n) is 14.4. The summed E-state index contributed by atoms with van der Waals surface area (Å²) in [6.45, 7) is 0.358. The number of hydrogen-bond acceptors (Lipinski definition) is 7. The predicted octanol–water partition coefficient (Wildman–Crippen LogP) is 9.05. The average Bonchev–Trinajstić information content (AvgIpc) is 3.86. The minimum atomic E-state index is 0.358. The van der Waals surface area contributed by atoms with Gasteiger partial charge in [-0.2, -0.15) is 0 Å². The Morgan fingerprint density at radius 2 is 0.696 bits per heavy atom. The molecule has 56 heavy (non-hydrogen) atoms. The summed E-state index contributed by atoms with van der Waals surface area (Å²) in [4.78, 5) is 31.2. The Hall–Kier alpha value is -7.00. The molecule has 6 bridgehead atoms. The minimum absolute atomic E-state index is 0.358. The number of fused-ring (bicyclic) bond motifs is 17. The van der Waals surface area contributed by atoms with Crippen molar-refractivity contribution in [2.75, 3.05) is 0 Å². The van der Waals surface area contributed by atoms with E-state index >= 15 is 0 Å². The van der Waals surface area contributed by atoms with Gasteiger partial charge in [-0.25, -0.2) is 0 Å². The van der Waals surface area contributed by atoms with E-state index < -0.39 is 0 Å². The Morgan fingerprint density at radius 1 is 0.357 bits per heavy atom. The van der Waals surface area contributed by atoms with Crippen molar-refractivity contribution >= 4 is 82.7 Å². The molecule has 0 atom stereocenters. The van der Waals surface area contributed by atoms with E-state index in [0.29, 0.717) is 46.1 Å². The van der Waals surface area contributed by atoms with Gasteiger partial charge in [0, 0.05) is 0 Å². The van der Waals surface area contributed by atoms with Gasteiger partial charge in [-0.05, 0) is 0 Å². The second kappa shape index (κ2) is 12.0. The number of nitrogens with one attached hydrogen (secondary N) is 1. The Balaban J connectivity index is 1.13. The van der Waals surface area contributed by atoms with Crippen LogP contribution in [0.2, 0.25) is 0 Å². The molecule has 4 heterocycles. The SMILES string of the molecule is [Co]=[C]1N=C2N=C(NC3=NC(=NC4=NC(=NCc5cc6ccccc6cc51)c1cc5ccccc5cc14)c1cc4ccccc4cc13)c1cc3ccccc3cc12. The fraction of sp³-hybridized carbons (Fsp3) is 0.0208. The summed E-state index contributed by atoms with van der Waals surface area (Å²) in [5.74, 6) is 3.67. The van der Waals surface area contributed by atoms with Crippen molar-refractivity contribution in [2.45, 2.75) is 6.54 Å². The van der Waals surface area contributed by atoms with Gasteiger partial charge >= 0.3 is 324 Å². The van der Waals surface area contributed by atoms with E-state index in [2.05, 4.69) is 145 Å². The summed E-state index contributed by atoms with van der Waals surface area (Å²) >= 11 is 5.17. The molecule has 0 radical (unpaired) electrons. The van der Waals surface area contributed by atoms with Crippen LogP contribution in [0, 0.1) is 0 Å². The Bertz CT molecular complexity index is 3330. The van der Waals surface area contributed by atoms with Crippen molar-refractivity contribution in [1.82, 2.24) is 5.32 Å². The molecule has 8 aromatic rings. The fourth-order valence-electron chi connectivity index (χ4n) is 8.21. The molecular weight excluding hydrogens is 734 g/mol. The summed E-state index contributed by atoms with van der Waals surface area (Å²) < 4.78 is 0.546. The van der Waals surface area contributed by atoms with E-state index in [9.17, 15) is 0 Å². The molecule has 1 N–H and O–H groups in total. The van der Waals surface area contributed by atoms with Crippen LogP contribution in [0.3, 0.4) is 0 Å². The van der Waals surface area contributed by atoms with Crippen LogP contribution in [0.1, 0.15) is 44.5 Å².